The number of nitrogens with zero attached hydrogens (tertiary/aromatic N) is 2. The van der Waals surface area contributed by atoms with E-state index in [2.05, 4.69) is 10.2 Å². The van der Waals surface area contributed by atoms with E-state index in [1.54, 1.807) is 24.0 Å². The quantitative estimate of drug-likeness (QED) is 0.813. The predicted octanol–water partition coefficient (Wildman–Crippen LogP) is 3.50. The van der Waals surface area contributed by atoms with Gasteiger partial charge in [-0.05, 0) is 43.3 Å². The molecule has 1 saturated heterocycles. The summed E-state index contributed by atoms with van der Waals surface area (Å²) in [5.74, 6) is -1.87. The number of carbonyl (C=O) groups excluding carboxylic acids is 2. The lowest BCUT2D eigenvalue weighted by Gasteiger charge is -2.36. The van der Waals surface area contributed by atoms with Crippen LogP contribution in [0.15, 0.2) is 42.5 Å². The molecule has 0 spiro atoms. The van der Waals surface area contributed by atoms with Gasteiger partial charge in [0.2, 0.25) is 0 Å². The molecule has 0 aliphatic carbocycles. The summed E-state index contributed by atoms with van der Waals surface area (Å²) < 4.78 is 31.6. The molecule has 2 aromatic carbocycles. The average Bonchev–Trinajstić information content (AvgIpc) is 2.70. The summed E-state index contributed by atoms with van der Waals surface area (Å²) >= 11 is 0. The fourth-order valence-corrected chi connectivity index (χ4v) is 2.98. The van der Waals surface area contributed by atoms with Crippen molar-refractivity contribution in [3.05, 3.63) is 59.7 Å². The molecule has 1 aliphatic rings. The Morgan fingerprint density at radius 1 is 1.04 bits per heavy atom. The van der Waals surface area contributed by atoms with Gasteiger partial charge < -0.3 is 19.9 Å². The number of ether oxygens (including phenoxy) is 1. The summed E-state index contributed by atoms with van der Waals surface area (Å²) in [6, 6.07) is 9.70. The molecule has 28 heavy (non-hydrogen) atoms. The van der Waals surface area contributed by atoms with Crippen LogP contribution in [0.5, 0.6) is 0 Å². The molecule has 8 heteroatoms. The number of piperazine rings is 1. The first-order chi connectivity index (χ1) is 13.5. The summed E-state index contributed by atoms with van der Waals surface area (Å²) in [5.41, 5.74) is 1.38. The van der Waals surface area contributed by atoms with Gasteiger partial charge in [-0.25, -0.2) is 18.4 Å². The number of benzene rings is 2. The second-order valence-electron chi connectivity index (χ2n) is 6.30. The molecule has 3 rings (SSSR count). The van der Waals surface area contributed by atoms with E-state index >= 15 is 0 Å². The van der Waals surface area contributed by atoms with Crippen LogP contribution in [0, 0.1) is 11.6 Å². The zero-order chi connectivity index (χ0) is 20.1. The molecule has 1 fully saturated rings. The van der Waals surface area contributed by atoms with Gasteiger partial charge in [0.15, 0.2) is 0 Å². The van der Waals surface area contributed by atoms with Crippen LogP contribution in [-0.2, 0) is 4.74 Å². The smallest absolute Gasteiger partial charge is 0.338 e. The van der Waals surface area contributed by atoms with E-state index in [1.165, 1.54) is 6.07 Å². The molecule has 148 valence electrons. The van der Waals surface area contributed by atoms with Gasteiger partial charge >= 0.3 is 12.0 Å². The SMILES string of the molecule is CCOC(=O)c1ccc(N2CCN(C(=O)Nc3ccc(F)cc3F)CC2)cc1. The fourth-order valence-electron chi connectivity index (χ4n) is 2.98. The Balaban J connectivity index is 1.55. The lowest BCUT2D eigenvalue weighted by atomic mass is 10.2. The highest BCUT2D eigenvalue weighted by molar-refractivity contribution is 5.90. The number of rotatable bonds is 4. The van der Waals surface area contributed by atoms with Crippen molar-refractivity contribution >= 4 is 23.4 Å². The molecule has 0 radical (unpaired) electrons. The van der Waals surface area contributed by atoms with Crippen LogP contribution in [0.3, 0.4) is 0 Å². The standard InChI is InChI=1S/C20H21F2N3O3/c1-2-28-19(26)14-3-6-16(7-4-14)24-9-11-25(12-10-24)20(27)23-18-8-5-15(21)13-17(18)22/h3-8,13H,2,9-12H2,1H3,(H,23,27). The minimum absolute atomic E-state index is 0.0524. The molecule has 2 aromatic rings. The molecule has 0 saturated carbocycles. The van der Waals surface area contributed by atoms with Gasteiger partial charge in [0.25, 0.3) is 0 Å². The summed E-state index contributed by atoms with van der Waals surface area (Å²) in [6.45, 7) is 4.18. The van der Waals surface area contributed by atoms with E-state index in [0.29, 0.717) is 38.3 Å². The summed E-state index contributed by atoms with van der Waals surface area (Å²) in [4.78, 5) is 27.7. The van der Waals surface area contributed by atoms with E-state index < -0.39 is 17.7 Å². The maximum atomic E-state index is 13.7. The highest BCUT2D eigenvalue weighted by Gasteiger charge is 2.22. The molecule has 0 unspecified atom stereocenters. The van der Waals surface area contributed by atoms with Crippen LogP contribution in [0.2, 0.25) is 0 Å². The minimum Gasteiger partial charge on any atom is -0.462 e. The predicted molar refractivity (Wildman–Crippen MR) is 102 cm³/mol. The minimum atomic E-state index is -0.811. The van der Waals surface area contributed by atoms with Crippen molar-refractivity contribution in [1.82, 2.24) is 4.90 Å². The van der Waals surface area contributed by atoms with Gasteiger partial charge in [-0.15, -0.1) is 0 Å². The third kappa shape index (κ3) is 4.57. The summed E-state index contributed by atoms with van der Waals surface area (Å²) in [6.07, 6.45) is 0. The zero-order valence-electron chi connectivity index (χ0n) is 15.5. The van der Waals surface area contributed by atoms with Gasteiger partial charge in [-0.1, -0.05) is 0 Å². The van der Waals surface area contributed by atoms with Crippen molar-refractivity contribution in [1.29, 1.82) is 0 Å². The Kier molecular flexibility index (Phi) is 6.08. The molecule has 6 nitrogen and oxygen atoms in total. The number of anilines is 2. The van der Waals surface area contributed by atoms with Crippen LogP contribution in [-0.4, -0.2) is 49.7 Å². The van der Waals surface area contributed by atoms with E-state index in [4.69, 9.17) is 4.74 Å². The van der Waals surface area contributed by atoms with E-state index in [-0.39, 0.29) is 11.7 Å². The fraction of sp³-hybridized carbons (Fsp3) is 0.300. The number of esters is 1. The van der Waals surface area contributed by atoms with E-state index in [0.717, 1.165) is 17.8 Å². The van der Waals surface area contributed by atoms with Crippen LogP contribution < -0.4 is 10.2 Å². The number of carbonyl (C=O) groups is 2. The first-order valence-corrected chi connectivity index (χ1v) is 9.01. The third-order valence-corrected chi connectivity index (χ3v) is 4.48. The number of nitrogens with one attached hydrogen (secondary N) is 1. The van der Waals surface area contributed by atoms with Crippen molar-refractivity contribution in [3.63, 3.8) is 0 Å². The molecule has 1 aliphatic heterocycles. The molecular weight excluding hydrogens is 368 g/mol. The Labute approximate surface area is 161 Å². The van der Waals surface area contributed by atoms with E-state index in [9.17, 15) is 18.4 Å². The third-order valence-electron chi connectivity index (χ3n) is 4.48. The van der Waals surface area contributed by atoms with E-state index in [1.807, 2.05) is 12.1 Å². The largest absolute Gasteiger partial charge is 0.462 e. The molecule has 2 amide bonds. The van der Waals surface area contributed by atoms with Crippen molar-refractivity contribution in [2.24, 2.45) is 0 Å². The first kappa shape index (κ1) is 19.6. The van der Waals surface area contributed by atoms with Gasteiger partial charge in [0.05, 0.1) is 17.9 Å². The molecular formula is C20H21F2N3O3. The van der Waals surface area contributed by atoms with Gasteiger partial charge in [-0.2, -0.15) is 0 Å². The first-order valence-electron chi connectivity index (χ1n) is 9.01. The number of urea groups is 1. The monoisotopic (exact) mass is 389 g/mol. The normalized spacial score (nSPS) is 14.0. The molecule has 0 bridgehead atoms. The highest BCUT2D eigenvalue weighted by Crippen LogP contribution is 2.19. The Hall–Kier alpha value is -3.16. The lowest BCUT2D eigenvalue weighted by molar-refractivity contribution is 0.0526. The maximum Gasteiger partial charge on any atom is 0.338 e. The van der Waals surface area contributed by atoms with Crippen LogP contribution >= 0.6 is 0 Å². The van der Waals surface area contributed by atoms with Crippen LogP contribution in [0.1, 0.15) is 17.3 Å². The molecule has 1 N–H and O–H groups in total. The number of hydrogen-bond donors (Lipinski definition) is 1. The average molecular weight is 389 g/mol. The van der Waals surface area contributed by atoms with Crippen molar-refractivity contribution in [2.45, 2.75) is 6.92 Å². The molecule has 1 heterocycles. The number of halogens is 2. The topological polar surface area (TPSA) is 61.9 Å². The number of hydrogen-bond acceptors (Lipinski definition) is 4. The summed E-state index contributed by atoms with van der Waals surface area (Å²) in [5, 5.41) is 2.47. The van der Waals surface area contributed by atoms with Gasteiger partial charge in [0.1, 0.15) is 11.6 Å². The van der Waals surface area contributed by atoms with Crippen molar-refractivity contribution in [3.8, 4) is 0 Å². The molecule has 0 aromatic heterocycles. The Morgan fingerprint density at radius 2 is 1.71 bits per heavy atom. The summed E-state index contributed by atoms with van der Waals surface area (Å²) in [7, 11) is 0. The van der Waals surface area contributed by atoms with Crippen molar-refractivity contribution in [2.75, 3.05) is 43.0 Å². The molecule has 0 atom stereocenters. The van der Waals surface area contributed by atoms with Gasteiger partial charge in [0, 0.05) is 37.9 Å². The maximum absolute atomic E-state index is 13.7. The second-order valence-corrected chi connectivity index (χ2v) is 6.30. The Morgan fingerprint density at radius 3 is 2.32 bits per heavy atom. The van der Waals surface area contributed by atoms with Crippen LogP contribution in [0.4, 0.5) is 25.0 Å². The Bertz CT molecular complexity index is 850. The van der Waals surface area contributed by atoms with Gasteiger partial charge in [-0.3, -0.25) is 0 Å². The number of amides is 2. The van der Waals surface area contributed by atoms with Crippen molar-refractivity contribution < 1.29 is 23.1 Å². The zero-order valence-corrected chi connectivity index (χ0v) is 15.5. The highest BCUT2D eigenvalue weighted by atomic mass is 19.1. The van der Waals surface area contributed by atoms with Crippen LogP contribution in [0.25, 0.3) is 0 Å². The second kappa shape index (κ2) is 8.69. The lowest BCUT2D eigenvalue weighted by Crippen LogP contribution is -2.50.